The van der Waals surface area contributed by atoms with E-state index in [1.54, 1.807) is 24.4 Å². The van der Waals surface area contributed by atoms with E-state index in [4.69, 9.17) is 21.4 Å². The van der Waals surface area contributed by atoms with Gasteiger partial charge in [0.15, 0.2) is 0 Å². The molecule has 1 N–H and O–H groups in total. The summed E-state index contributed by atoms with van der Waals surface area (Å²) in [5.74, 6) is 1.30. The molecule has 0 bridgehead atoms. The summed E-state index contributed by atoms with van der Waals surface area (Å²) in [6, 6.07) is 12.5. The highest BCUT2D eigenvalue weighted by Gasteiger charge is 2.25. The number of nitrogens with one attached hydrogen (secondary N) is 1. The first-order chi connectivity index (χ1) is 15.1. The first-order valence-corrected chi connectivity index (χ1v) is 10.5. The Morgan fingerprint density at radius 2 is 2.13 bits per heavy atom. The maximum atomic E-state index is 12.3. The highest BCUT2D eigenvalue weighted by molar-refractivity contribution is 6.32. The lowest BCUT2D eigenvalue weighted by atomic mass is 9.96. The van der Waals surface area contributed by atoms with Crippen LogP contribution in [-0.4, -0.2) is 45.6 Å². The van der Waals surface area contributed by atoms with Gasteiger partial charge in [-0.05, 0) is 56.3 Å². The lowest BCUT2D eigenvalue weighted by Gasteiger charge is -2.30. The third-order valence-electron chi connectivity index (χ3n) is 5.30. The maximum Gasteiger partial charge on any atom is 0.230 e. The number of nitriles is 1. The van der Waals surface area contributed by atoms with E-state index in [-0.39, 0.29) is 11.8 Å². The third-order valence-corrected chi connectivity index (χ3v) is 5.61. The molecule has 1 amide bonds. The monoisotopic (exact) mass is 436 g/mol. The molecule has 158 valence electrons. The SMILES string of the molecule is N#Cc1ccc(NC(=O)CCN2CCC(c3nc(-c4ccccn4)no3)CC2)cc1Cl. The van der Waals surface area contributed by atoms with Crippen molar-refractivity contribution in [2.24, 2.45) is 0 Å². The predicted octanol–water partition coefficient (Wildman–Crippen LogP) is 3.86. The van der Waals surface area contributed by atoms with Crippen molar-refractivity contribution in [2.75, 3.05) is 25.0 Å². The van der Waals surface area contributed by atoms with Crippen LogP contribution in [0.1, 0.15) is 36.6 Å². The Balaban J connectivity index is 1.23. The zero-order valence-electron chi connectivity index (χ0n) is 16.8. The van der Waals surface area contributed by atoms with Crippen LogP contribution in [0.5, 0.6) is 0 Å². The molecule has 0 radical (unpaired) electrons. The van der Waals surface area contributed by atoms with E-state index in [1.165, 1.54) is 0 Å². The second-order valence-electron chi connectivity index (χ2n) is 7.39. The van der Waals surface area contributed by atoms with E-state index < -0.39 is 0 Å². The molecule has 3 aromatic rings. The molecule has 8 nitrogen and oxygen atoms in total. The Labute approximate surface area is 184 Å². The molecule has 1 fully saturated rings. The molecule has 0 saturated carbocycles. The number of rotatable bonds is 6. The van der Waals surface area contributed by atoms with Crippen molar-refractivity contribution in [3.63, 3.8) is 0 Å². The zero-order chi connectivity index (χ0) is 21.6. The van der Waals surface area contributed by atoms with Gasteiger partial charge < -0.3 is 14.7 Å². The fourth-order valence-electron chi connectivity index (χ4n) is 3.57. The van der Waals surface area contributed by atoms with Gasteiger partial charge in [0, 0.05) is 30.8 Å². The van der Waals surface area contributed by atoms with Crippen molar-refractivity contribution in [1.82, 2.24) is 20.0 Å². The summed E-state index contributed by atoms with van der Waals surface area (Å²) in [5, 5.41) is 16.1. The van der Waals surface area contributed by atoms with Crippen molar-refractivity contribution in [3.8, 4) is 17.6 Å². The Kier molecular flexibility index (Phi) is 6.55. The highest BCUT2D eigenvalue weighted by atomic mass is 35.5. The number of carbonyl (C=O) groups is 1. The molecule has 31 heavy (non-hydrogen) atoms. The zero-order valence-corrected chi connectivity index (χ0v) is 17.5. The summed E-state index contributed by atoms with van der Waals surface area (Å²) in [7, 11) is 0. The number of carbonyl (C=O) groups excluding carboxylic acids is 1. The number of anilines is 1. The van der Waals surface area contributed by atoms with Crippen LogP contribution >= 0.6 is 11.6 Å². The molecule has 0 unspecified atom stereocenters. The van der Waals surface area contributed by atoms with Gasteiger partial charge in [-0.25, -0.2) is 0 Å². The van der Waals surface area contributed by atoms with E-state index in [2.05, 4.69) is 25.3 Å². The molecule has 3 heterocycles. The van der Waals surface area contributed by atoms with Gasteiger partial charge in [-0.3, -0.25) is 9.78 Å². The van der Waals surface area contributed by atoms with E-state index in [0.29, 0.717) is 46.6 Å². The topological polar surface area (TPSA) is 108 Å². The van der Waals surface area contributed by atoms with Crippen molar-refractivity contribution < 1.29 is 9.32 Å². The van der Waals surface area contributed by atoms with E-state index in [0.717, 1.165) is 25.9 Å². The quantitative estimate of drug-likeness (QED) is 0.624. The highest BCUT2D eigenvalue weighted by Crippen LogP contribution is 2.28. The second-order valence-corrected chi connectivity index (χ2v) is 7.80. The summed E-state index contributed by atoms with van der Waals surface area (Å²) in [6.07, 6.45) is 3.88. The molecule has 0 aliphatic carbocycles. The van der Waals surface area contributed by atoms with Crippen LogP contribution < -0.4 is 5.32 Å². The molecule has 1 aliphatic heterocycles. The fraction of sp³-hybridized carbons (Fsp3) is 0.318. The van der Waals surface area contributed by atoms with E-state index >= 15 is 0 Å². The molecule has 4 rings (SSSR count). The average Bonchev–Trinajstić information content (AvgIpc) is 3.29. The molecule has 0 spiro atoms. The summed E-state index contributed by atoms with van der Waals surface area (Å²) >= 11 is 6.01. The second kappa shape index (κ2) is 9.69. The first kappa shape index (κ1) is 21.0. The largest absolute Gasteiger partial charge is 0.339 e. The smallest absolute Gasteiger partial charge is 0.230 e. The minimum absolute atomic E-state index is 0.0835. The van der Waals surface area contributed by atoms with Gasteiger partial charge in [0.1, 0.15) is 11.8 Å². The lowest BCUT2D eigenvalue weighted by Crippen LogP contribution is -2.35. The number of pyridine rings is 1. The van der Waals surface area contributed by atoms with Gasteiger partial charge in [-0.1, -0.05) is 22.8 Å². The van der Waals surface area contributed by atoms with Crippen LogP contribution in [0.3, 0.4) is 0 Å². The van der Waals surface area contributed by atoms with Gasteiger partial charge in [0.25, 0.3) is 0 Å². The molecule has 2 aromatic heterocycles. The van der Waals surface area contributed by atoms with Crippen molar-refractivity contribution in [1.29, 1.82) is 5.26 Å². The molecule has 9 heteroatoms. The Morgan fingerprint density at radius 1 is 1.29 bits per heavy atom. The maximum absolute atomic E-state index is 12.3. The lowest BCUT2D eigenvalue weighted by molar-refractivity contribution is -0.116. The Hall–Kier alpha value is -3.28. The standard InChI is InChI=1S/C22H21ClN6O2/c23-18-13-17(5-4-16(18)14-24)26-20(30)8-12-29-10-6-15(7-11-29)22-27-21(28-31-22)19-3-1-2-9-25-19/h1-5,9,13,15H,6-8,10-12H2,(H,26,30). The van der Waals surface area contributed by atoms with Crippen molar-refractivity contribution >= 4 is 23.2 Å². The molecule has 1 saturated heterocycles. The Morgan fingerprint density at radius 3 is 2.84 bits per heavy atom. The number of piperidine rings is 1. The molecule has 1 aliphatic rings. The molecule has 1 aromatic carbocycles. The van der Waals surface area contributed by atoms with E-state index in [1.807, 2.05) is 24.3 Å². The van der Waals surface area contributed by atoms with Gasteiger partial charge in [0.2, 0.25) is 17.6 Å². The van der Waals surface area contributed by atoms with Crippen LogP contribution in [0, 0.1) is 11.3 Å². The van der Waals surface area contributed by atoms with Gasteiger partial charge in [-0.15, -0.1) is 0 Å². The number of likely N-dealkylation sites (tertiary alicyclic amines) is 1. The number of aromatic nitrogens is 3. The van der Waals surface area contributed by atoms with Crippen molar-refractivity contribution in [3.05, 3.63) is 59.1 Å². The summed E-state index contributed by atoms with van der Waals surface area (Å²) in [5.41, 5.74) is 1.67. The number of hydrogen-bond donors (Lipinski definition) is 1. The molecular formula is C22H21ClN6O2. The van der Waals surface area contributed by atoms with Crippen LogP contribution in [-0.2, 0) is 4.79 Å². The summed E-state index contributed by atoms with van der Waals surface area (Å²) < 4.78 is 5.47. The van der Waals surface area contributed by atoms with Gasteiger partial charge in [0.05, 0.1) is 10.6 Å². The number of nitrogens with zero attached hydrogens (tertiary/aromatic N) is 5. The minimum atomic E-state index is -0.0835. The number of hydrogen-bond acceptors (Lipinski definition) is 7. The third kappa shape index (κ3) is 5.26. The van der Waals surface area contributed by atoms with Crippen molar-refractivity contribution in [2.45, 2.75) is 25.2 Å². The van der Waals surface area contributed by atoms with Gasteiger partial charge >= 0.3 is 0 Å². The summed E-state index contributed by atoms with van der Waals surface area (Å²) in [6.45, 7) is 2.40. The molecule has 0 atom stereocenters. The van der Waals surface area contributed by atoms with E-state index in [9.17, 15) is 4.79 Å². The molecular weight excluding hydrogens is 416 g/mol. The number of halogens is 1. The fourth-order valence-corrected chi connectivity index (χ4v) is 3.79. The van der Waals surface area contributed by atoms with Crippen LogP contribution in [0.25, 0.3) is 11.5 Å². The average molecular weight is 437 g/mol. The predicted molar refractivity (Wildman–Crippen MR) is 115 cm³/mol. The van der Waals surface area contributed by atoms with Gasteiger partial charge in [-0.2, -0.15) is 10.2 Å². The normalized spacial score (nSPS) is 14.8. The number of amides is 1. The Bertz CT molecular complexity index is 1090. The first-order valence-electron chi connectivity index (χ1n) is 10.1. The van der Waals surface area contributed by atoms with Crippen LogP contribution in [0.15, 0.2) is 47.1 Å². The van der Waals surface area contributed by atoms with Crippen LogP contribution in [0.2, 0.25) is 5.02 Å². The summed E-state index contributed by atoms with van der Waals surface area (Å²) in [4.78, 5) is 23.3. The number of benzene rings is 1. The minimum Gasteiger partial charge on any atom is -0.339 e. The van der Waals surface area contributed by atoms with Crippen LogP contribution in [0.4, 0.5) is 5.69 Å².